The van der Waals surface area contributed by atoms with E-state index >= 15 is 0 Å². The van der Waals surface area contributed by atoms with Crippen molar-refractivity contribution in [1.82, 2.24) is 15.3 Å². The van der Waals surface area contributed by atoms with Crippen LogP contribution in [0.5, 0.6) is 5.88 Å². The number of carbonyl (C=O) groups excluding carboxylic acids is 1. The molecule has 0 spiro atoms. The minimum atomic E-state index is -4.53. The summed E-state index contributed by atoms with van der Waals surface area (Å²) in [4.78, 5) is 21.8. The van der Waals surface area contributed by atoms with Gasteiger partial charge in [0.05, 0.1) is 18.4 Å². The summed E-state index contributed by atoms with van der Waals surface area (Å²) in [7, 11) is 3.07. The van der Waals surface area contributed by atoms with E-state index in [4.69, 9.17) is 10.1 Å². The fourth-order valence-electron chi connectivity index (χ4n) is 4.92. The first kappa shape index (κ1) is 31.0. The summed E-state index contributed by atoms with van der Waals surface area (Å²) in [6, 6.07) is 7.04. The van der Waals surface area contributed by atoms with Gasteiger partial charge >= 0.3 is 6.18 Å². The third-order valence-electron chi connectivity index (χ3n) is 7.13. The molecule has 3 rings (SSSR count). The van der Waals surface area contributed by atoms with Gasteiger partial charge < -0.3 is 15.4 Å². The topological polar surface area (TPSA) is 100.0 Å². The molecule has 2 heterocycles. The van der Waals surface area contributed by atoms with Crippen molar-refractivity contribution in [2.75, 3.05) is 26.0 Å². The molecule has 0 radical (unpaired) electrons. The summed E-state index contributed by atoms with van der Waals surface area (Å²) in [6.45, 7) is 1.81. The van der Waals surface area contributed by atoms with Gasteiger partial charge in [0.1, 0.15) is 11.5 Å². The molecule has 1 aliphatic rings. The maximum absolute atomic E-state index is 14.7. The zero-order valence-electron chi connectivity index (χ0n) is 22.6. The zero-order valence-corrected chi connectivity index (χ0v) is 22.6. The van der Waals surface area contributed by atoms with Crippen molar-refractivity contribution < 1.29 is 31.5 Å². The van der Waals surface area contributed by atoms with Crippen molar-refractivity contribution in [2.24, 2.45) is 17.8 Å². The summed E-state index contributed by atoms with van der Waals surface area (Å²) in [6.07, 6.45) is -2.55. The minimum absolute atomic E-state index is 0.118. The number of ketones is 1. The Balaban J connectivity index is 1.83. The van der Waals surface area contributed by atoms with E-state index in [0.29, 0.717) is 17.8 Å². The normalized spacial score (nSPS) is 21.9. The van der Waals surface area contributed by atoms with E-state index in [1.807, 2.05) is 0 Å². The van der Waals surface area contributed by atoms with Crippen molar-refractivity contribution in [2.45, 2.75) is 51.1 Å². The third kappa shape index (κ3) is 8.22. The lowest BCUT2D eigenvalue weighted by atomic mass is 9.79. The Hall–Kier alpha value is -3.57. The summed E-state index contributed by atoms with van der Waals surface area (Å²) in [5.74, 6) is -4.57. The molecule has 1 fully saturated rings. The lowest BCUT2D eigenvalue weighted by Crippen LogP contribution is -2.31. The summed E-state index contributed by atoms with van der Waals surface area (Å²) in [5, 5.41) is 14.5. The predicted molar refractivity (Wildman–Crippen MR) is 142 cm³/mol. The van der Waals surface area contributed by atoms with Gasteiger partial charge in [0, 0.05) is 56.4 Å². The van der Waals surface area contributed by atoms with Crippen LogP contribution in [0, 0.1) is 23.2 Å². The molecule has 2 aromatic heterocycles. The minimum Gasteiger partial charge on any atom is -0.481 e. The highest BCUT2D eigenvalue weighted by molar-refractivity contribution is 6.55. The molecule has 0 aliphatic heterocycles. The Bertz CT molecular complexity index is 1200. The van der Waals surface area contributed by atoms with Crippen molar-refractivity contribution in [3.05, 3.63) is 54.0 Å². The Kier molecular flexibility index (Phi) is 10.2. The zero-order chi connectivity index (χ0) is 29.5. The van der Waals surface area contributed by atoms with Crippen LogP contribution in [0.25, 0.3) is 5.57 Å². The number of Topliss-reactive ketones (excluding diaryl/α,β-unsaturated/α-hetero) is 1. The van der Waals surface area contributed by atoms with Gasteiger partial charge in [-0.05, 0) is 49.3 Å². The Morgan fingerprint density at radius 1 is 1.25 bits per heavy atom. The standard InChI is InChI=1S/C28H34F5N5O2/c1-17-13-27(29,30)11-5-6-18(12-19(17)14-36-23-10-9-20(15-37-23)28(31,32)33)26(39)25(34)21(16-35-2)22-7-4-8-24(38-22)40-3/h4,7-10,15-19,34-35H,5-6,11-14H2,1-3H3,(H,36,37)/b21-16-,34-25?/t17-,18?,19?/m1/s1. The fourth-order valence-corrected chi connectivity index (χ4v) is 4.92. The van der Waals surface area contributed by atoms with E-state index in [1.54, 1.807) is 32.2 Å². The Labute approximate surface area is 230 Å². The lowest BCUT2D eigenvalue weighted by Gasteiger charge is -2.29. The van der Waals surface area contributed by atoms with Gasteiger partial charge in [-0.25, -0.2) is 18.7 Å². The van der Waals surface area contributed by atoms with Crippen molar-refractivity contribution in [3.63, 3.8) is 0 Å². The monoisotopic (exact) mass is 567 g/mol. The number of nitrogens with one attached hydrogen (secondary N) is 3. The van der Waals surface area contributed by atoms with E-state index in [2.05, 4.69) is 20.6 Å². The number of hydrogen-bond donors (Lipinski definition) is 3. The smallest absolute Gasteiger partial charge is 0.417 e. The lowest BCUT2D eigenvalue weighted by molar-refractivity contribution is -0.137. The molecular formula is C28H34F5N5O2. The highest BCUT2D eigenvalue weighted by atomic mass is 19.4. The van der Waals surface area contributed by atoms with Crippen LogP contribution in [0.1, 0.15) is 50.3 Å². The van der Waals surface area contributed by atoms with Crippen LogP contribution in [0.4, 0.5) is 27.8 Å². The molecule has 3 N–H and O–H groups in total. The van der Waals surface area contributed by atoms with Crippen molar-refractivity contribution in [1.29, 1.82) is 5.41 Å². The number of pyridine rings is 2. The molecule has 1 aliphatic carbocycles. The number of aromatic nitrogens is 2. The van der Waals surface area contributed by atoms with Crippen molar-refractivity contribution >= 4 is 22.9 Å². The van der Waals surface area contributed by atoms with Gasteiger partial charge in [0.2, 0.25) is 11.8 Å². The van der Waals surface area contributed by atoms with Gasteiger partial charge in [-0.15, -0.1) is 0 Å². The second-order valence-corrected chi connectivity index (χ2v) is 10.1. The van der Waals surface area contributed by atoms with E-state index in [0.717, 1.165) is 6.07 Å². The summed E-state index contributed by atoms with van der Waals surface area (Å²) in [5.41, 5.74) is -0.599. The van der Waals surface area contributed by atoms with Gasteiger partial charge in [-0.1, -0.05) is 13.0 Å². The maximum Gasteiger partial charge on any atom is 0.417 e. The highest BCUT2D eigenvalue weighted by Gasteiger charge is 2.38. The molecule has 7 nitrogen and oxygen atoms in total. The number of hydrogen-bond acceptors (Lipinski definition) is 7. The number of nitrogens with zero attached hydrogens (tertiary/aromatic N) is 2. The number of ether oxygens (including phenoxy) is 1. The largest absolute Gasteiger partial charge is 0.481 e. The first-order valence-corrected chi connectivity index (χ1v) is 13.0. The average Bonchev–Trinajstić information content (AvgIpc) is 2.96. The van der Waals surface area contributed by atoms with Crippen LogP contribution >= 0.6 is 0 Å². The van der Waals surface area contributed by atoms with Crippen molar-refractivity contribution in [3.8, 4) is 5.88 Å². The van der Waals surface area contributed by atoms with E-state index in [9.17, 15) is 26.7 Å². The molecule has 0 aromatic carbocycles. The van der Waals surface area contributed by atoms with Crippen LogP contribution in [-0.2, 0) is 11.0 Å². The van der Waals surface area contributed by atoms with Crippen LogP contribution in [0.3, 0.4) is 0 Å². The molecule has 218 valence electrons. The number of rotatable bonds is 9. The molecule has 2 aromatic rings. The van der Waals surface area contributed by atoms with Gasteiger partial charge in [0.25, 0.3) is 0 Å². The second-order valence-electron chi connectivity index (χ2n) is 10.1. The molecular weight excluding hydrogens is 533 g/mol. The molecule has 3 atom stereocenters. The number of anilines is 1. The molecule has 0 saturated heterocycles. The van der Waals surface area contributed by atoms with Crippen LogP contribution < -0.4 is 15.4 Å². The van der Waals surface area contributed by atoms with E-state index in [1.165, 1.54) is 19.4 Å². The SMILES string of the molecule is CN/C=C(\C(=N)C(=O)C1CCCC(F)(F)C[C@@H](C)C(CNc2ccc(C(F)(F)F)cn2)C1)c1cccc(OC)n1. The number of carbonyl (C=O) groups is 1. The molecule has 0 amide bonds. The summed E-state index contributed by atoms with van der Waals surface area (Å²) < 4.78 is 73.1. The first-order valence-electron chi connectivity index (χ1n) is 13.0. The quantitative estimate of drug-likeness (QED) is 0.245. The first-order chi connectivity index (χ1) is 18.8. The van der Waals surface area contributed by atoms with Crippen LogP contribution in [-0.4, -0.2) is 48.1 Å². The maximum atomic E-state index is 14.7. The van der Waals surface area contributed by atoms with Gasteiger partial charge in [-0.3, -0.25) is 10.2 Å². The average molecular weight is 568 g/mol. The van der Waals surface area contributed by atoms with Gasteiger partial charge in [0.15, 0.2) is 5.78 Å². The number of allylic oxidation sites excluding steroid dienone is 1. The molecule has 40 heavy (non-hydrogen) atoms. The number of methoxy groups -OCH3 is 1. The van der Waals surface area contributed by atoms with Crippen LogP contribution in [0.15, 0.2) is 42.7 Å². The highest BCUT2D eigenvalue weighted by Crippen LogP contribution is 2.38. The third-order valence-corrected chi connectivity index (χ3v) is 7.13. The molecule has 12 heteroatoms. The number of halogens is 5. The predicted octanol–water partition coefficient (Wildman–Crippen LogP) is 6.23. The molecule has 0 bridgehead atoms. The summed E-state index contributed by atoms with van der Waals surface area (Å²) >= 11 is 0. The van der Waals surface area contributed by atoms with Crippen LogP contribution in [0.2, 0.25) is 0 Å². The van der Waals surface area contributed by atoms with E-state index < -0.39 is 41.2 Å². The van der Waals surface area contributed by atoms with Gasteiger partial charge in [-0.2, -0.15) is 13.2 Å². The van der Waals surface area contributed by atoms with E-state index in [-0.39, 0.29) is 55.8 Å². The number of alkyl halides is 5. The molecule has 1 saturated carbocycles. The second kappa shape index (κ2) is 13.2. The Morgan fingerprint density at radius 3 is 2.62 bits per heavy atom. The Morgan fingerprint density at radius 2 is 2.00 bits per heavy atom. The fraction of sp³-hybridized carbons (Fsp3) is 0.500. The molecule has 2 unspecified atom stereocenters.